The summed E-state index contributed by atoms with van der Waals surface area (Å²) in [5, 5.41) is 3.47. The zero-order valence-corrected chi connectivity index (χ0v) is 14.9. The molecular weight excluding hydrogens is 342 g/mol. The third kappa shape index (κ3) is 3.73. The van der Waals surface area contributed by atoms with Gasteiger partial charge in [-0.1, -0.05) is 18.2 Å². The number of H-pyrrole nitrogens is 1. The number of para-hydroxylation sites is 1. The van der Waals surface area contributed by atoms with Crippen molar-refractivity contribution in [1.29, 1.82) is 0 Å². The maximum atomic E-state index is 13.0. The first kappa shape index (κ1) is 17.4. The van der Waals surface area contributed by atoms with E-state index in [-0.39, 0.29) is 24.1 Å². The van der Waals surface area contributed by atoms with Gasteiger partial charge < -0.3 is 10.3 Å². The number of amides is 1. The molecule has 138 valence electrons. The van der Waals surface area contributed by atoms with Gasteiger partial charge in [0.05, 0.1) is 17.4 Å². The van der Waals surface area contributed by atoms with Crippen molar-refractivity contribution in [2.24, 2.45) is 0 Å². The average Bonchev–Trinajstić information content (AvgIpc) is 3.22. The van der Waals surface area contributed by atoms with E-state index < -0.39 is 0 Å². The van der Waals surface area contributed by atoms with Crippen molar-refractivity contribution in [2.45, 2.75) is 25.4 Å². The molecule has 2 aromatic heterocycles. The molecule has 1 fully saturated rings. The predicted octanol–water partition coefficient (Wildman–Crippen LogP) is 1.77. The minimum absolute atomic E-state index is 0.110. The van der Waals surface area contributed by atoms with Crippen molar-refractivity contribution >= 4 is 16.8 Å². The first-order chi connectivity index (χ1) is 13.2. The Labute approximate surface area is 156 Å². The highest BCUT2D eigenvalue weighted by molar-refractivity contribution is 5.83. The SMILES string of the molecule is O=C(NCc1nc2ccccc2c(=O)[nH]1)[C@@H](c1cccnc1)N1CCCC1. The normalized spacial score (nSPS) is 15.7. The summed E-state index contributed by atoms with van der Waals surface area (Å²) in [5.74, 6) is 0.333. The monoisotopic (exact) mass is 363 g/mol. The molecule has 3 aromatic rings. The second-order valence-electron chi connectivity index (χ2n) is 6.68. The van der Waals surface area contributed by atoms with Crippen molar-refractivity contribution in [3.63, 3.8) is 0 Å². The lowest BCUT2D eigenvalue weighted by Gasteiger charge is -2.26. The Kier molecular flexibility index (Phi) is 4.93. The third-order valence-corrected chi connectivity index (χ3v) is 4.85. The molecule has 0 saturated carbocycles. The smallest absolute Gasteiger partial charge is 0.258 e. The number of rotatable bonds is 5. The molecule has 1 aliphatic rings. The fourth-order valence-corrected chi connectivity index (χ4v) is 3.55. The van der Waals surface area contributed by atoms with Crippen LogP contribution in [0.3, 0.4) is 0 Å². The molecule has 27 heavy (non-hydrogen) atoms. The van der Waals surface area contributed by atoms with Crippen molar-refractivity contribution in [3.8, 4) is 0 Å². The van der Waals surface area contributed by atoms with Crippen LogP contribution in [0.4, 0.5) is 0 Å². The maximum absolute atomic E-state index is 13.0. The van der Waals surface area contributed by atoms with Crippen LogP contribution in [0.25, 0.3) is 10.9 Å². The number of likely N-dealkylation sites (tertiary alicyclic amines) is 1. The van der Waals surface area contributed by atoms with Gasteiger partial charge in [-0.25, -0.2) is 4.98 Å². The molecule has 1 aliphatic heterocycles. The Morgan fingerprint density at radius 2 is 2.00 bits per heavy atom. The van der Waals surface area contributed by atoms with Gasteiger partial charge in [0.15, 0.2) is 0 Å². The van der Waals surface area contributed by atoms with Gasteiger partial charge in [-0.15, -0.1) is 0 Å². The molecule has 1 aromatic carbocycles. The van der Waals surface area contributed by atoms with Crippen LogP contribution >= 0.6 is 0 Å². The first-order valence-electron chi connectivity index (χ1n) is 9.12. The van der Waals surface area contributed by atoms with E-state index in [0.29, 0.717) is 16.7 Å². The number of hydrogen-bond donors (Lipinski definition) is 2. The quantitative estimate of drug-likeness (QED) is 0.721. The van der Waals surface area contributed by atoms with E-state index in [2.05, 4.69) is 25.2 Å². The lowest BCUT2D eigenvalue weighted by molar-refractivity contribution is -0.126. The van der Waals surface area contributed by atoms with Crippen LogP contribution in [-0.4, -0.2) is 38.8 Å². The maximum Gasteiger partial charge on any atom is 0.258 e. The molecule has 0 radical (unpaired) electrons. The van der Waals surface area contributed by atoms with Gasteiger partial charge in [0.1, 0.15) is 11.9 Å². The molecule has 0 spiro atoms. The molecular formula is C20H21N5O2. The summed E-state index contributed by atoms with van der Waals surface area (Å²) in [6, 6.07) is 10.5. The number of carbonyl (C=O) groups is 1. The van der Waals surface area contributed by atoms with Crippen molar-refractivity contribution in [1.82, 2.24) is 25.2 Å². The van der Waals surface area contributed by atoms with Gasteiger partial charge in [-0.3, -0.25) is 19.5 Å². The molecule has 1 atom stereocenters. The zero-order valence-electron chi connectivity index (χ0n) is 14.9. The van der Waals surface area contributed by atoms with Gasteiger partial charge in [0, 0.05) is 12.4 Å². The molecule has 0 unspecified atom stereocenters. The van der Waals surface area contributed by atoms with E-state index in [9.17, 15) is 9.59 Å². The lowest BCUT2D eigenvalue weighted by atomic mass is 10.1. The fraction of sp³-hybridized carbons (Fsp3) is 0.300. The Morgan fingerprint density at radius 3 is 2.78 bits per heavy atom. The van der Waals surface area contributed by atoms with E-state index in [1.807, 2.05) is 18.2 Å². The Hall–Kier alpha value is -3.06. The third-order valence-electron chi connectivity index (χ3n) is 4.85. The lowest BCUT2D eigenvalue weighted by Crippen LogP contribution is -2.39. The number of aromatic amines is 1. The number of nitrogens with zero attached hydrogens (tertiary/aromatic N) is 3. The predicted molar refractivity (Wildman–Crippen MR) is 102 cm³/mol. The summed E-state index contributed by atoms with van der Waals surface area (Å²) < 4.78 is 0. The van der Waals surface area contributed by atoms with Gasteiger partial charge in [0.25, 0.3) is 5.56 Å². The summed E-state index contributed by atoms with van der Waals surface area (Å²) in [5.41, 5.74) is 1.29. The minimum Gasteiger partial charge on any atom is -0.347 e. The van der Waals surface area contributed by atoms with Gasteiger partial charge in [-0.05, 0) is 49.7 Å². The second kappa shape index (κ2) is 7.67. The standard InChI is InChI=1S/C20H21N5O2/c26-19-15-7-1-2-8-16(15)23-17(24-19)13-22-20(27)18(25-10-3-4-11-25)14-6-5-9-21-12-14/h1-2,5-9,12,18H,3-4,10-11,13H2,(H,22,27)(H,23,24,26)/t18-/m1/s1. The molecule has 1 saturated heterocycles. The molecule has 7 heteroatoms. The number of pyridine rings is 1. The second-order valence-corrected chi connectivity index (χ2v) is 6.68. The molecule has 4 rings (SSSR count). The van der Waals surface area contributed by atoms with Crippen molar-refractivity contribution in [3.05, 3.63) is 70.5 Å². The zero-order chi connectivity index (χ0) is 18.6. The molecule has 3 heterocycles. The number of aromatic nitrogens is 3. The molecule has 2 N–H and O–H groups in total. The van der Waals surface area contributed by atoms with Crippen LogP contribution in [0.5, 0.6) is 0 Å². The van der Waals surface area contributed by atoms with E-state index in [4.69, 9.17) is 0 Å². The Bertz CT molecular complexity index is 996. The number of hydrogen-bond acceptors (Lipinski definition) is 5. The number of benzene rings is 1. The van der Waals surface area contributed by atoms with Crippen LogP contribution < -0.4 is 10.9 Å². The summed E-state index contributed by atoms with van der Waals surface area (Å²) in [6.45, 7) is 1.94. The minimum atomic E-state index is -0.381. The van der Waals surface area contributed by atoms with E-state index in [1.165, 1.54) is 0 Å². The largest absolute Gasteiger partial charge is 0.347 e. The number of fused-ring (bicyclic) bond motifs is 1. The van der Waals surface area contributed by atoms with E-state index in [0.717, 1.165) is 31.5 Å². The molecule has 1 amide bonds. The summed E-state index contributed by atoms with van der Waals surface area (Å²) >= 11 is 0. The highest BCUT2D eigenvalue weighted by Gasteiger charge is 2.29. The van der Waals surface area contributed by atoms with Crippen LogP contribution in [0, 0.1) is 0 Å². The van der Waals surface area contributed by atoms with Gasteiger partial charge in [0.2, 0.25) is 5.91 Å². The van der Waals surface area contributed by atoms with Gasteiger partial charge >= 0.3 is 0 Å². The molecule has 0 aliphatic carbocycles. The summed E-state index contributed by atoms with van der Waals surface area (Å²) in [4.78, 5) is 38.7. The summed E-state index contributed by atoms with van der Waals surface area (Å²) in [7, 11) is 0. The highest BCUT2D eigenvalue weighted by Crippen LogP contribution is 2.24. The number of nitrogens with one attached hydrogen (secondary N) is 2. The van der Waals surface area contributed by atoms with E-state index >= 15 is 0 Å². The van der Waals surface area contributed by atoms with Gasteiger partial charge in [-0.2, -0.15) is 0 Å². The Morgan fingerprint density at radius 1 is 1.19 bits per heavy atom. The van der Waals surface area contributed by atoms with Crippen LogP contribution in [0.15, 0.2) is 53.6 Å². The number of carbonyl (C=O) groups excluding carboxylic acids is 1. The van der Waals surface area contributed by atoms with Crippen molar-refractivity contribution in [2.75, 3.05) is 13.1 Å². The fourth-order valence-electron chi connectivity index (χ4n) is 3.55. The van der Waals surface area contributed by atoms with Crippen LogP contribution in [-0.2, 0) is 11.3 Å². The highest BCUT2D eigenvalue weighted by atomic mass is 16.2. The van der Waals surface area contributed by atoms with Crippen LogP contribution in [0.2, 0.25) is 0 Å². The molecule has 7 nitrogen and oxygen atoms in total. The average molecular weight is 363 g/mol. The molecule has 0 bridgehead atoms. The first-order valence-corrected chi connectivity index (χ1v) is 9.12. The topological polar surface area (TPSA) is 91.0 Å². The summed E-state index contributed by atoms with van der Waals surface area (Å²) in [6.07, 6.45) is 5.61. The van der Waals surface area contributed by atoms with Crippen molar-refractivity contribution < 1.29 is 4.79 Å². The van der Waals surface area contributed by atoms with E-state index in [1.54, 1.807) is 30.6 Å². The van der Waals surface area contributed by atoms with Crippen LogP contribution in [0.1, 0.15) is 30.3 Å². The Balaban J connectivity index is 1.54.